The maximum Gasteiger partial charge on any atom is 0.257 e. The SMILES string of the molecule is N#Cc1cc(F)c(C(=O)NC2(Cc3ccccc3)CC2)c(F)c1. The number of carbonyl (C=O) groups excluding carboxylic acids is 1. The van der Waals surface area contributed by atoms with Gasteiger partial charge in [0.25, 0.3) is 5.91 Å². The second kappa shape index (κ2) is 5.81. The fraction of sp³-hybridized carbons (Fsp3) is 0.222. The topological polar surface area (TPSA) is 52.9 Å². The van der Waals surface area contributed by atoms with E-state index in [4.69, 9.17) is 5.26 Å². The van der Waals surface area contributed by atoms with Crippen LogP contribution in [-0.4, -0.2) is 11.4 Å². The van der Waals surface area contributed by atoms with Crippen molar-refractivity contribution in [2.24, 2.45) is 0 Å². The van der Waals surface area contributed by atoms with Crippen molar-refractivity contribution in [2.75, 3.05) is 0 Å². The van der Waals surface area contributed by atoms with E-state index < -0.39 is 28.6 Å². The third-order valence-corrected chi connectivity index (χ3v) is 4.02. The van der Waals surface area contributed by atoms with Crippen LogP contribution in [0.5, 0.6) is 0 Å². The molecule has 23 heavy (non-hydrogen) atoms. The highest BCUT2D eigenvalue weighted by molar-refractivity contribution is 5.95. The van der Waals surface area contributed by atoms with Crippen LogP contribution in [-0.2, 0) is 6.42 Å². The Kier molecular flexibility index (Phi) is 3.83. The highest BCUT2D eigenvalue weighted by Crippen LogP contribution is 2.39. The first kappa shape index (κ1) is 15.2. The lowest BCUT2D eigenvalue weighted by molar-refractivity contribution is 0.0923. The molecule has 0 bridgehead atoms. The van der Waals surface area contributed by atoms with Crippen molar-refractivity contribution < 1.29 is 13.6 Å². The first-order valence-corrected chi connectivity index (χ1v) is 7.29. The van der Waals surface area contributed by atoms with E-state index in [2.05, 4.69) is 5.32 Å². The molecule has 1 aliphatic rings. The predicted molar refractivity (Wildman–Crippen MR) is 80.7 cm³/mol. The van der Waals surface area contributed by atoms with Crippen LogP contribution in [0.3, 0.4) is 0 Å². The standard InChI is InChI=1S/C18H14F2N2O/c19-14-8-13(11-21)9-15(20)16(14)17(23)22-18(6-7-18)10-12-4-2-1-3-5-12/h1-5,8-9H,6-7,10H2,(H,22,23). The van der Waals surface area contributed by atoms with Gasteiger partial charge in [0.15, 0.2) is 0 Å². The van der Waals surface area contributed by atoms with Crippen molar-refractivity contribution in [3.63, 3.8) is 0 Å². The van der Waals surface area contributed by atoms with Crippen molar-refractivity contribution >= 4 is 5.91 Å². The number of hydrogen-bond donors (Lipinski definition) is 1. The molecule has 0 radical (unpaired) electrons. The molecule has 2 aromatic rings. The van der Waals surface area contributed by atoms with E-state index >= 15 is 0 Å². The number of amides is 1. The molecular weight excluding hydrogens is 298 g/mol. The zero-order valence-electron chi connectivity index (χ0n) is 12.3. The molecule has 0 spiro atoms. The van der Waals surface area contributed by atoms with Gasteiger partial charge in [0.2, 0.25) is 0 Å². The van der Waals surface area contributed by atoms with Gasteiger partial charge in [-0.3, -0.25) is 4.79 Å². The molecule has 2 aromatic carbocycles. The molecule has 0 aliphatic heterocycles. The number of rotatable bonds is 4. The van der Waals surface area contributed by atoms with Crippen LogP contribution >= 0.6 is 0 Å². The Bertz CT molecular complexity index is 769. The van der Waals surface area contributed by atoms with Gasteiger partial charge in [-0.05, 0) is 37.0 Å². The van der Waals surface area contributed by atoms with Crippen LogP contribution in [0.15, 0.2) is 42.5 Å². The van der Waals surface area contributed by atoms with E-state index in [1.54, 1.807) is 6.07 Å². The van der Waals surface area contributed by atoms with Gasteiger partial charge in [-0.2, -0.15) is 5.26 Å². The number of nitrogens with one attached hydrogen (secondary N) is 1. The average Bonchev–Trinajstić information content (AvgIpc) is 3.26. The Hall–Kier alpha value is -2.74. The summed E-state index contributed by atoms with van der Waals surface area (Å²) in [6.45, 7) is 0. The summed E-state index contributed by atoms with van der Waals surface area (Å²) in [6, 6.07) is 13.0. The summed E-state index contributed by atoms with van der Waals surface area (Å²) in [5, 5.41) is 11.4. The summed E-state index contributed by atoms with van der Waals surface area (Å²) < 4.78 is 27.8. The number of benzene rings is 2. The summed E-state index contributed by atoms with van der Waals surface area (Å²) in [6.07, 6.45) is 2.17. The fourth-order valence-electron chi connectivity index (χ4n) is 2.64. The summed E-state index contributed by atoms with van der Waals surface area (Å²) in [4.78, 5) is 12.3. The first-order valence-electron chi connectivity index (χ1n) is 7.29. The van der Waals surface area contributed by atoms with E-state index in [1.807, 2.05) is 30.3 Å². The molecule has 5 heteroatoms. The Morgan fingerprint density at radius 2 is 1.78 bits per heavy atom. The van der Waals surface area contributed by atoms with Crippen LogP contribution in [0.4, 0.5) is 8.78 Å². The molecule has 0 atom stereocenters. The minimum absolute atomic E-state index is 0.151. The van der Waals surface area contributed by atoms with Gasteiger partial charge < -0.3 is 5.32 Å². The Balaban J connectivity index is 1.79. The summed E-state index contributed by atoms with van der Waals surface area (Å²) in [5.41, 5.74) is -0.165. The van der Waals surface area contributed by atoms with Gasteiger partial charge in [0, 0.05) is 5.54 Å². The molecule has 0 saturated heterocycles. The second-order valence-corrected chi connectivity index (χ2v) is 5.82. The number of nitriles is 1. The number of nitrogens with zero attached hydrogens (tertiary/aromatic N) is 1. The minimum Gasteiger partial charge on any atom is -0.346 e. The van der Waals surface area contributed by atoms with Gasteiger partial charge in [-0.1, -0.05) is 30.3 Å². The fourth-order valence-corrected chi connectivity index (χ4v) is 2.64. The molecule has 3 rings (SSSR count). The molecule has 1 aliphatic carbocycles. The maximum atomic E-state index is 13.9. The lowest BCUT2D eigenvalue weighted by Gasteiger charge is -2.18. The van der Waals surface area contributed by atoms with Gasteiger partial charge in [-0.25, -0.2) is 8.78 Å². The van der Waals surface area contributed by atoms with E-state index in [0.29, 0.717) is 6.42 Å². The molecule has 1 N–H and O–H groups in total. The first-order chi connectivity index (χ1) is 11.0. The van der Waals surface area contributed by atoms with Gasteiger partial charge in [-0.15, -0.1) is 0 Å². The normalized spacial score (nSPS) is 14.8. The maximum absolute atomic E-state index is 13.9. The molecule has 0 aromatic heterocycles. The summed E-state index contributed by atoms with van der Waals surface area (Å²) in [7, 11) is 0. The lowest BCUT2D eigenvalue weighted by Crippen LogP contribution is -2.39. The van der Waals surface area contributed by atoms with Crippen molar-refractivity contribution in [3.8, 4) is 6.07 Å². The largest absolute Gasteiger partial charge is 0.346 e. The van der Waals surface area contributed by atoms with E-state index in [-0.39, 0.29) is 5.56 Å². The Morgan fingerprint density at radius 3 is 2.30 bits per heavy atom. The zero-order chi connectivity index (χ0) is 16.4. The third kappa shape index (κ3) is 3.21. The molecule has 3 nitrogen and oxygen atoms in total. The third-order valence-electron chi connectivity index (χ3n) is 4.02. The second-order valence-electron chi connectivity index (χ2n) is 5.82. The summed E-state index contributed by atoms with van der Waals surface area (Å²) >= 11 is 0. The van der Waals surface area contributed by atoms with Crippen molar-refractivity contribution in [1.82, 2.24) is 5.32 Å². The van der Waals surface area contributed by atoms with Crippen LogP contribution in [0.2, 0.25) is 0 Å². The molecule has 1 saturated carbocycles. The predicted octanol–water partition coefficient (Wildman–Crippen LogP) is 3.34. The highest BCUT2D eigenvalue weighted by Gasteiger charge is 2.44. The number of halogens is 2. The molecule has 116 valence electrons. The van der Waals surface area contributed by atoms with E-state index in [1.165, 1.54) is 0 Å². The van der Waals surface area contributed by atoms with E-state index in [0.717, 1.165) is 30.5 Å². The number of hydrogen-bond acceptors (Lipinski definition) is 2. The molecule has 0 heterocycles. The summed E-state index contributed by atoms with van der Waals surface area (Å²) in [5.74, 6) is -2.82. The lowest BCUT2D eigenvalue weighted by atomic mass is 10.0. The molecule has 1 fully saturated rings. The Morgan fingerprint density at radius 1 is 1.17 bits per heavy atom. The monoisotopic (exact) mass is 312 g/mol. The van der Waals surface area contributed by atoms with Crippen molar-refractivity contribution in [1.29, 1.82) is 5.26 Å². The average molecular weight is 312 g/mol. The van der Waals surface area contributed by atoms with Crippen LogP contribution in [0.1, 0.15) is 34.3 Å². The molecule has 0 unspecified atom stereocenters. The van der Waals surface area contributed by atoms with Crippen LogP contribution in [0, 0.1) is 23.0 Å². The number of carbonyl (C=O) groups is 1. The smallest absolute Gasteiger partial charge is 0.257 e. The van der Waals surface area contributed by atoms with Gasteiger partial charge >= 0.3 is 0 Å². The van der Waals surface area contributed by atoms with Gasteiger partial charge in [0.05, 0.1) is 11.6 Å². The molecular formula is C18H14F2N2O. The Labute approximate surface area is 132 Å². The highest BCUT2D eigenvalue weighted by atomic mass is 19.1. The van der Waals surface area contributed by atoms with Crippen molar-refractivity contribution in [3.05, 3.63) is 70.8 Å². The molecule has 1 amide bonds. The van der Waals surface area contributed by atoms with Gasteiger partial charge in [0.1, 0.15) is 17.2 Å². The van der Waals surface area contributed by atoms with Crippen molar-refractivity contribution in [2.45, 2.75) is 24.8 Å². The minimum atomic E-state index is -1.02. The quantitative estimate of drug-likeness (QED) is 0.941. The van der Waals surface area contributed by atoms with Crippen LogP contribution in [0.25, 0.3) is 0 Å². The zero-order valence-corrected chi connectivity index (χ0v) is 12.3. The van der Waals surface area contributed by atoms with E-state index in [9.17, 15) is 13.6 Å². The van der Waals surface area contributed by atoms with Crippen LogP contribution < -0.4 is 5.32 Å².